The topological polar surface area (TPSA) is 24.5 Å². The summed E-state index contributed by atoms with van der Waals surface area (Å²) in [4.78, 5) is 2.42. The Hall–Kier alpha value is -1.20. The van der Waals surface area contributed by atoms with E-state index in [-0.39, 0.29) is 5.75 Å². The fourth-order valence-electron chi connectivity index (χ4n) is 2.73. The minimum absolute atomic E-state index is 0.220. The number of halogens is 2. The van der Waals surface area contributed by atoms with E-state index in [2.05, 4.69) is 21.9 Å². The van der Waals surface area contributed by atoms with Crippen LogP contribution in [0.15, 0.2) is 24.3 Å². The monoisotopic (exact) mass is 298 g/mol. The summed E-state index contributed by atoms with van der Waals surface area (Å²) in [6, 6.07) is 6.95. The summed E-state index contributed by atoms with van der Waals surface area (Å²) in [5.74, 6) is 1.00. The maximum Gasteiger partial charge on any atom is 0.387 e. The molecule has 1 N–H and O–H groups in total. The fraction of sp³-hybridized carbons (Fsp3) is 0.625. The maximum atomic E-state index is 12.1. The predicted octanol–water partition coefficient (Wildman–Crippen LogP) is 3.11. The van der Waals surface area contributed by atoms with E-state index in [1.165, 1.54) is 12.8 Å². The number of alkyl halides is 2. The molecular formula is C16H24F2N2O. The highest BCUT2D eigenvalue weighted by atomic mass is 19.3. The van der Waals surface area contributed by atoms with Gasteiger partial charge in [0.1, 0.15) is 5.75 Å². The van der Waals surface area contributed by atoms with Gasteiger partial charge in [0.25, 0.3) is 0 Å². The maximum absolute atomic E-state index is 12.1. The molecule has 0 saturated carbocycles. The van der Waals surface area contributed by atoms with Gasteiger partial charge in [-0.2, -0.15) is 8.78 Å². The Bertz CT molecular complexity index is 403. The molecule has 0 atom stereocenters. The van der Waals surface area contributed by atoms with E-state index in [1.807, 2.05) is 12.1 Å². The number of nitrogens with one attached hydrogen (secondary N) is 1. The van der Waals surface area contributed by atoms with Gasteiger partial charge in [-0.05, 0) is 62.6 Å². The van der Waals surface area contributed by atoms with Gasteiger partial charge in [-0.15, -0.1) is 0 Å². The molecule has 3 nitrogen and oxygen atoms in total. The summed E-state index contributed by atoms with van der Waals surface area (Å²) in [6.07, 6.45) is 2.44. The first-order valence-electron chi connectivity index (χ1n) is 7.64. The van der Waals surface area contributed by atoms with Crippen molar-refractivity contribution in [3.8, 4) is 5.75 Å². The van der Waals surface area contributed by atoms with Gasteiger partial charge >= 0.3 is 6.61 Å². The van der Waals surface area contributed by atoms with Crippen LogP contribution in [0.5, 0.6) is 5.75 Å². The number of ether oxygens (including phenoxy) is 1. The second kappa shape index (κ2) is 8.29. The molecular weight excluding hydrogens is 274 g/mol. The van der Waals surface area contributed by atoms with E-state index in [1.54, 1.807) is 12.1 Å². The van der Waals surface area contributed by atoms with Gasteiger partial charge in [0.2, 0.25) is 0 Å². The Balaban J connectivity index is 1.75. The van der Waals surface area contributed by atoms with Gasteiger partial charge < -0.3 is 10.1 Å². The largest absolute Gasteiger partial charge is 0.435 e. The number of likely N-dealkylation sites (tertiary alicyclic amines) is 1. The van der Waals surface area contributed by atoms with Crippen LogP contribution in [0, 0.1) is 5.92 Å². The van der Waals surface area contributed by atoms with E-state index in [9.17, 15) is 8.78 Å². The van der Waals surface area contributed by atoms with Gasteiger partial charge in [-0.25, -0.2) is 0 Å². The van der Waals surface area contributed by atoms with Crippen LogP contribution in [0.2, 0.25) is 0 Å². The quantitative estimate of drug-likeness (QED) is 0.837. The van der Waals surface area contributed by atoms with Crippen LogP contribution in [-0.4, -0.2) is 37.7 Å². The Morgan fingerprint density at radius 1 is 1.24 bits per heavy atom. The van der Waals surface area contributed by atoms with Crippen LogP contribution >= 0.6 is 0 Å². The SMILES string of the molecule is CCNCC1CCN(Cc2ccc(OC(F)F)cc2)CC1. The molecule has 1 heterocycles. The summed E-state index contributed by atoms with van der Waals surface area (Å²) in [6.45, 7) is 4.61. The zero-order valence-electron chi connectivity index (χ0n) is 12.5. The van der Waals surface area contributed by atoms with Crippen LogP contribution < -0.4 is 10.1 Å². The van der Waals surface area contributed by atoms with Gasteiger partial charge in [0.05, 0.1) is 0 Å². The highest BCUT2D eigenvalue weighted by molar-refractivity contribution is 5.27. The fourth-order valence-corrected chi connectivity index (χ4v) is 2.73. The normalized spacial score (nSPS) is 17.3. The Morgan fingerprint density at radius 2 is 1.90 bits per heavy atom. The van der Waals surface area contributed by atoms with Gasteiger partial charge in [0, 0.05) is 6.54 Å². The molecule has 5 heteroatoms. The summed E-state index contributed by atoms with van der Waals surface area (Å²) >= 11 is 0. The van der Waals surface area contributed by atoms with Gasteiger partial charge in [-0.3, -0.25) is 4.90 Å². The molecule has 1 fully saturated rings. The Labute approximate surface area is 125 Å². The molecule has 0 radical (unpaired) electrons. The molecule has 1 aromatic rings. The third-order valence-electron chi connectivity index (χ3n) is 3.94. The molecule has 1 aromatic carbocycles. The number of rotatable bonds is 7. The zero-order chi connectivity index (χ0) is 15.1. The van der Waals surface area contributed by atoms with Gasteiger partial charge in [-0.1, -0.05) is 19.1 Å². The third kappa shape index (κ3) is 5.59. The minimum Gasteiger partial charge on any atom is -0.435 e. The van der Waals surface area contributed by atoms with E-state index >= 15 is 0 Å². The van der Waals surface area contributed by atoms with Crippen molar-refractivity contribution in [2.45, 2.75) is 32.9 Å². The number of benzene rings is 1. The number of hydrogen-bond acceptors (Lipinski definition) is 3. The van der Waals surface area contributed by atoms with E-state index < -0.39 is 6.61 Å². The highest BCUT2D eigenvalue weighted by Crippen LogP contribution is 2.20. The molecule has 118 valence electrons. The van der Waals surface area contributed by atoms with Crippen molar-refractivity contribution in [2.75, 3.05) is 26.2 Å². The molecule has 0 amide bonds. The van der Waals surface area contributed by atoms with Crippen molar-refractivity contribution in [3.05, 3.63) is 29.8 Å². The average Bonchev–Trinajstić information content (AvgIpc) is 2.48. The van der Waals surface area contributed by atoms with Crippen molar-refractivity contribution < 1.29 is 13.5 Å². The first-order chi connectivity index (χ1) is 10.2. The van der Waals surface area contributed by atoms with Crippen LogP contribution in [0.1, 0.15) is 25.3 Å². The number of hydrogen-bond donors (Lipinski definition) is 1. The Kier molecular flexibility index (Phi) is 6.39. The van der Waals surface area contributed by atoms with Crippen LogP contribution in [-0.2, 0) is 6.54 Å². The average molecular weight is 298 g/mol. The van der Waals surface area contributed by atoms with E-state index in [0.717, 1.165) is 44.2 Å². The molecule has 0 bridgehead atoms. The van der Waals surface area contributed by atoms with Crippen molar-refractivity contribution >= 4 is 0 Å². The summed E-state index contributed by atoms with van der Waals surface area (Å²) < 4.78 is 28.5. The molecule has 21 heavy (non-hydrogen) atoms. The molecule has 1 saturated heterocycles. The van der Waals surface area contributed by atoms with Crippen molar-refractivity contribution in [3.63, 3.8) is 0 Å². The smallest absolute Gasteiger partial charge is 0.387 e. The molecule has 0 spiro atoms. The number of piperidine rings is 1. The molecule has 0 aliphatic carbocycles. The second-order valence-corrected chi connectivity index (χ2v) is 5.55. The standard InChI is InChI=1S/C16H24F2N2O/c1-2-19-11-13-7-9-20(10-8-13)12-14-3-5-15(6-4-14)21-16(17)18/h3-6,13,16,19H,2,7-12H2,1H3. The zero-order valence-corrected chi connectivity index (χ0v) is 12.5. The summed E-state index contributed by atoms with van der Waals surface area (Å²) in [5, 5.41) is 3.41. The lowest BCUT2D eigenvalue weighted by atomic mass is 9.96. The molecule has 1 aliphatic heterocycles. The highest BCUT2D eigenvalue weighted by Gasteiger charge is 2.18. The minimum atomic E-state index is -2.76. The molecule has 1 aliphatic rings. The van der Waals surface area contributed by atoms with E-state index in [4.69, 9.17) is 0 Å². The van der Waals surface area contributed by atoms with Gasteiger partial charge in [0.15, 0.2) is 0 Å². The first kappa shape index (κ1) is 16.2. The van der Waals surface area contributed by atoms with Crippen molar-refractivity contribution in [1.82, 2.24) is 10.2 Å². The lowest BCUT2D eigenvalue weighted by Gasteiger charge is -2.32. The number of nitrogens with zero attached hydrogens (tertiary/aromatic N) is 1. The first-order valence-corrected chi connectivity index (χ1v) is 7.64. The second-order valence-electron chi connectivity index (χ2n) is 5.55. The van der Waals surface area contributed by atoms with Crippen LogP contribution in [0.25, 0.3) is 0 Å². The molecule has 2 rings (SSSR count). The lowest BCUT2D eigenvalue weighted by molar-refractivity contribution is -0.0498. The van der Waals surface area contributed by atoms with Crippen molar-refractivity contribution in [2.24, 2.45) is 5.92 Å². The summed E-state index contributed by atoms with van der Waals surface area (Å²) in [7, 11) is 0. The third-order valence-corrected chi connectivity index (χ3v) is 3.94. The van der Waals surface area contributed by atoms with Crippen molar-refractivity contribution in [1.29, 1.82) is 0 Å². The van der Waals surface area contributed by atoms with Crippen LogP contribution in [0.3, 0.4) is 0 Å². The predicted molar refractivity (Wildman–Crippen MR) is 79.6 cm³/mol. The molecule has 0 aromatic heterocycles. The van der Waals surface area contributed by atoms with Crippen LogP contribution in [0.4, 0.5) is 8.78 Å². The summed E-state index contributed by atoms with van der Waals surface area (Å²) in [5.41, 5.74) is 1.14. The van der Waals surface area contributed by atoms with E-state index in [0.29, 0.717) is 0 Å². The lowest BCUT2D eigenvalue weighted by Crippen LogP contribution is -2.36. The molecule has 0 unspecified atom stereocenters. The Morgan fingerprint density at radius 3 is 2.48 bits per heavy atom.